The number of rotatable bonds is 3. The molecule has 24 heavy (non-hydrogen) atoms. The third kappa shape index (κ3) is 3.46. The first kappa shape index (κ1) is 15.6. The first-order valence-electron chi connectivity index (χ1n) is 9.01. The van der Waals surface area contributed by atoms with Gasteiger partial charge in [-0.05, 0) is 56.3 Å². The van der Waals surface area contributed by atoms with Crippen LogP contribution in [0.2, 0.25) is 0 Å². The number of aromatic nitrogens is 2. The minimum absolute atomic E-state index is 0.455. The molecule has 0 saturated carbocycles. The Bertz CT molecular complexity index is 677. The minimum Gasteiger partial charge on any atom is -0.493 e. The smallest absolute Gasteiger partial charge is 0.223 e. The lowest BCUT2D eigenvalue weighted by Crippen LogP contribution is -2.37. The van der Waals surface area contributed by atoms with E-state index in [0.717, 1.165) is 63.5 Å². The molecule has 0 bridgehead atoms. The summed E-state index contributed by atoms with van der Waals surface area (Å²) in [5, 5.41) is 4.10. The predicted molar refractivity (Wildman–Crippen MR) is 91.2 cm³/mol. The van der Waals surface area contributed by atoms with Gasteiger partial charge >= 0.3 is 0 Å². The number of ether oxygens (including phenoxy) is 1. The Balaban J connectivity index is 1.32. The van der Waals surface area contributed by atoms with Gasteiger partial charge in [-0.1, -0.05) is 23.4 Å². The topological polar surface area (TPSA) is 51.4 Å². The Morgan fingerprint density at radius 3 is 2.79 bits per heavy atom. The van der Waals surface area contributed by atoms with E-state index in [1.54, 1.807) is 0 Å². The molecule has 5 nitrogen and oxygen atoms in total. The first-order chi connectivity index (χ1) is 11.8. The predicted octanol–water partition coefficient (Wildman–Crippen LogP) is 3.20. The zero-order valence-corrected chi connectivity index (χ0v) is 14.3. The quantitative estimate of drug-likeness (QED) is 0.866. The third-order valence-electron chi connectivity index (χ3n) is 5.28. The fraction of sp³-hybridized carbons (Fsp3) is 0.579. The van der Waals surface area contributed by atoms with Gasteiger partial charge in [-0.15, -0.1) is 0 Å². The third-order valence-corrected chi connectivity index (χ3v) is 5.28. The molecule has 0 unspecified atom stereocenters. The van der Waals surface area contributed by atoms with Crippen molar-refractivity contribution < 1.29 is 9.26 Å². The molecule has 128 valence electrons. The number of benzene rings is 1. The van der Waals surface area contributed by atoms with Crippen LogP contribution in [0.15, 0.2) is 28.8 Å². The first-order valence-corrected chi connectivity index (χ1v) is 9.01. The van der Waals surface area contributed by atoms with Gasteiger partial charge in [-0.3, -0.25) is 0 Å². The molecule has 2 aromatic rings. The van der Waals surface area contributed by atoms with E-state index in [9.17, 15) is 0 Å². The van der Waals surface area contributed by atoms with Crippen LogP contribution in [0.5, 0.6) is 5.75 Å². The molecule has 0 amide bonds. The molecule has 5 heteroatoms. The van der Waals surface area contributed by atoms with Gasteiger partial charge in [0.1, 0.15) is 5.75 Å². The summed E-state index contributed by atoms with van der Waals surface area (Å²) in [5.41, 5.74) is 1.36. The summed E-state index contributed by atoms with van der Waals surface area (Å²) in [5.74, 6) is 3.77. The van der Waals surface area contributed by atoms with Gasteiger partial charge in [0, 0.05) is 19.4 Å². The van der Waals surface area contributed by atoms with Crippen LogP contribution in [-0.4, -0.2) is 41.3 Å². The molecule has 1 atom stereocenters. The summed E-state index contributed by atoms with van der Waals surface area (Å²) in [6.45, 7) is 6.10. The number of para-hydroxylation sites is 1. The van der Waals surface area contributed by atoms with Crippen molar-refractivity contribution in [3.63, 3.8) is 0 Å². The van der Waals surface area contributed by atoms with E-state index in [0.29, 0.717) is 17.7 Å². The molecular formula is C19H25N3O2. The van der Waals surface area contributed by atoms with E-state index in [-0.39, 0.29) is 0 Å². The fourth-order valence-corrected chi connectivity index (χ4v) is 3.94. The zero-order chi connectivity index (χ0) is 16.4. The van der Waals surface area contributed by atoms with Crippen molar-refractivity contribution >= 4 is 0 Å². The molecule has 2 aliphatic rings. The monoisotopic (exact) mass is 327 g/mol. The summed E-state index contributed by atoms with van der Waals surface area (Å²) in [4.78, 5) is 7.00. The lowest BCUT2D eigenvalue weighted by atomic mass is 9.92. The minimum atomic E-state index is 0.455. The second-order valence-corrected chi connectivity index (χ2v) is 7.06. The van der Waals surface area contributed by atoms with Crippen molar-refractivity contribution in [3.8, 4) is 5.75 Å². The van der Waals surface area contributed by atoms with Crippen LogP contribution in [0.25, 0.3) is 0 Å². The van der Waals surface area contributed by atoms with Crippen LogP contribution < -0.4 is 4.74 Å². The Hall–Kier alpha value is -1.88. The Kier molecular flexibility index (Phi) is 4.52. The highest BCUT2D eigenvalue weighted by Crippen LogP contribution is 2.30. The molecule has 1 saturated heterocycles. The Morgan fingerprint density at radius 2 is 2.00 bits per heavy atom. The summed E-state index contributed by atoms with van der Waals surface area (Å²) >= 11 is 0. The van der Waals surface area contributed by atoms with E-state index in [1.165, 1.54) is 5.56 Å². The van der Waals surface area contributed by atoms with E-state index in [4.69, 9.17) is 9.26 Å². The largest absolute Gasteiger partial charge is 0.493 e. The highest BCUT2D eigenvalue weighted by atomic mass is 16.5. The second kappa shape index (κ2) is 6.93. The van der Waals surface area contributed by atoms with Gasteiger partial charge in [0.2, 0.25) is 5.89 Å². The lowest BCUT2D eigenvalue weighted by Gasteiger charge is -2.33. The summed E-state index contributed by atoms with van der Waals surface area (Å²) in [7, 11) is 0. The number of nitrogens with zero attached hydrogens (tertiary/aromatic N) is 3. The van der Waals surface area contributed by atoms with Gasteiger partial charge in [0.05, 0.1) is 6.61 Å². The molecule has 1 aromatic carbocycles. The highest BCUT2D eigenvalue weighted by Gasteiger charge is 2.26. The second-order valence-electron chi connectivity index (χ2n) is 7.06. The molecule has 0 radical (unpaired) electrons. The van der Waals surface area contributed by atoms with Gasteiger partial charge in [0.15, 0.2) is 5.82 Å². The number of hydrogen-bond donors (Lipinski definition) is 0. The fourth-order valence-electron chi connectivity index (χ4n) is 3.94. The molecule has 0 aliphatic carbocycles. The Labute approximate surface area is 143 Å². The zero-order valence-electron chi connectivity index (χ0n) is 14.3. The SMILES string of the molecule is Cc1nc(C2CCN(C[C@H]3CCOc4ccccc4C3)CC2)no1. The number of piperidine rings is 1. The molecular weight excluding hydrogens is 302 g/mol. The van der Waals surface area contributed by atoms with Crippen molar-refractivity contribution in [2.45, 2.75) is 38.5 Å². The van der Waals surface area contributed by atoms with E-state index >= 15 is 0 Å². The maximum atomic E-state index is 5.90. The van der Waals surface area contributed by atoms with Crippen LogP contribution >= 0.6 is 0 Å². The normalized spacial score (nSPS) is 22.6. The van der Waals surface area contributed by atoms with Crippen molar-refractivity contribution in [3.05, 3.63) is 41.5 Å². The molecule has 1 fully saturated rings. The molecule has 0 N–H and O–H groups in total. The standard InChI is InChI=1S/C19H25N3O2/c1-14-20-19(21-24-14)16-6-9-22(10-7-16)13-15-8-11-23-18-5-3-2-4-17(18)12-15/h2-5,15-16H,6-13H2,1H3/t15-/m0/s1. The average molecular weight is 327 g/mol. The summed E-state index contributed by atoms with van der Waals surface area (Å²) in [6.07, 6.45) is 4.51. The number of hydrogen-bond acceptors (Lipinski definition) is 5. The summed E-state index contributed by atoms with van der Waals surface area (Å²) < 4.78 is 11.0. The number of fused-ring (bicyclic) bond motifs is 1. The average Bonchev–Trinajstić information content (AvgIpc) is 2.93. The van der Waals surface area contributed by atoms with Crippen LogP contribution in [0, 0.1) is 12.8 Å². The summed E-state index contributed by atoms with van der Waals surface area (Å²) in [6, 6.07) is 8.47. The van der Waals surface area contributed by atoms with Crippen molar-refractivity contribution in [2.24, 2.45) is 5.92 Å². The van der Waals surface area contributed by atoms with Gasteiger partial charge in [-0.25, -0.2) is 0 Å². The van der Waals surface area contributed by atoms with Crippen molar-refractivity contribution in [2.75, 3.05) is 26.2 Å². The molecule has 3 heterocycles. The van der Waals surface area contributed by atoms with Crippen LogP contribution in [-0.2, 0) is 6.42 Å². The maximum absolute atomic E-state index is 5.90. The van der Waals surface area contributed by atoms with E-state index in [2.05, 4.69) is 39.3 Å². The van der Waals surface area contributed by atoms with Crippen molar-refractivity contribution in [1.82, 2.24) is 15.0 Å². The molecule has 0 spiro atoms. The number of likely N-dealkylation sites (tertiary alicyclic amines) is 1. The van der Waals surface area contributed by atoms with Gasteiger partial charge in [0.25, 0.3) is 0 Å². The van der Waals surface area contributed by atoms with E-state index in [1.807, 2.05) is 6.92 Å². The highest BCUT2D eigenvalue weighted by molar-refractivity contribution is 5.34. The number of aryl methyl sites for hydroxylation is 1. The Morgan fingerprint density at radius 1 is 1.17 bits per heavy atom. The molecule has 1 aromatic heterocycles. The van der Waals surface area contributed by atoms with Crippen LogP contribution in [0.3, 0.4) is 0 Å². The maximum Gasteiger partial charge on any atom is 0.223 e. The van der Waals surface area contributed by atoms with Gasteiger partial charge < -0.3 is 14.2 Å². The van der Waals surface area contributed by atoms with Gasteiger partial charge in [-0.2, -0.15) is 4.98 Å². The van der Waals surface area contributed by atoms with E-state index < -0.39 is 0 Å². The van der Waals surface area contributed by atoms with Crippen molar-refractivity contribution in [1.29, 1.82) is 0 Å². The lowest BCUT2D eigenvalue weighted by molar-refractivity contribution is 0.169. The van der Waals surface area contributed by atoms with Crippen LogP contribution in [0.4, 0.5) is 0 Å². The van der Waals surface area contributed by atoms with Crippen LogP contribution in [0.1, 0.15) is 42.5 Å². The molecule has 2 aliphatic heterocycles. The molecule has 4 rings (SSSR count).